The maximum absolute atomic E-state index is 13.7. The van der Waals surface area contributed by atoms with Gasteiger partial charge >= 0.3 is 0 Å². The van der Waals surface area contributed by atoms with Crippen LogP contribution in [0.2, 0.25) is 10.0 Å². The van der Waals surface area contributed by atoms with Crippen molar-refractivity contribution < 1.29 is 22.8 Å². The lowest BCUT2D eigenvalue weighted by atomic mass is 9.83. The van der Waals surface area contributed by atoms with Gasteiger partial charge in [0.15, 0.2) is 0 Å². The number of likely N-dealkylation sites (tertiary alicyclic amines) is 1. The van der Waals surface area contributed by atoms with E-state index >= 15 is 0 Å². The number of carbonyl (C=O) groups excluding carboxylic acids is 3. The van der Waals surface area contributed by atoms with Crippen LogP contribution in [0.3, 0.4) is 0 Å². The van der Waals surface area contributed by atoms with Gasteiger partial charge in [-0.1, -0.05) is 62.2 Å². The van der Waals surface area contributed by atoms with E-state index in [0.29, 0.717) is 12.2 Å². The number of likely N-dealkylation sites (N-methyl/N-ethyl adjacent to an activating group) is 1. The average molecular weight is 637 g/mol. The molecule has 10 nitrogen and oxygen atoms in total. The predicted octanol–water partition coefficient (Wildman–Crippen LogP) is 4.05. The maximum Gasteiger partial charge on any atom is 0.268 e. The number of fused-ring (bicyclic) bond motifs is 1. The molecule has 1 saturated heterocycles. The molecule has 0 aliphatic carbocycles. The standard InChI is InChI=1S/C29H35Cl2N5O5S/c1-6-35(25(37)15-32-42(40,41)24-12-11-19(30)14-20(24)31)23-16-36(17(23)2)28(39)26(29(3,4)5)34-27(38)22-13-18-9-7-8-10-21(18)33-22/h7-14,17,23,26,32-33H,6,15-16H2,1-5H3,(H,34,38)/t17?,23-,26-/m1/s1. The smallest absolute Gasteiger partial charge is 0.268 e. The summed E-state index contributed by atoms with van der Waals surface area (Å²) in [5.74, 6) is -1.07. The van der Waals surface area contributed by atoms with Crippen LogP contribution >= 0.6 is 23.2 Å². The van der Waals surface area contributed by atoms with Gasteiger partial charge in [0.25, 0.3) is 5.91 Å². The molecule has 13 heteroatoms. The largest absolute Gasteiger partial charge is 0.351 e. The fraction of sp³-hybridized carbons (Fsp3) is 0.414. The van der Waals surface area contributed by atoms with E-state index in [9.17, 15) is 22.8 Å². The van der Waals surface area contributed by atoms with Crippen LogP contribution in [0.5, 0.6) is 0 Å². The summed E-state index contributed by atoms with van der Waals surface area (Å²) in [5, 5.41) is 4.03. The lowest BCUT2D eigenvalue weighted by Crippen LogP contribution is -2.71. The van der Waals surface area contributed by atoms with Crippen LogP contribution in [0.1, 0.15) is 45.1 Å². The molecule has 3 aromatic rings. The highest BCUT2D eigenvalue weighted by molar-refractivity contribution is 7.89. The summed E-state index contributed by atoms with van der Waals surface area (Å²) in [7, 11) is -4.06. The monoisotopic (exact) mass is 635 g/mol. The van der Waals surface area contributed by atoms with Crippen LogP contribution in [0.25, 0.3) is 10.9 Å². The van der Waals surface area contributed by atoms with Crippen molar-refractivity contribution in [3.63, 3.8) is 0 Å². The number of hydrogen-bond donors (Lipinski definition) is 3. The second kappa shape index (κ2) is 12.2. The van der Waals surface area contributed by atoms with E-state index in [2.05, 4.69) is 15.0 Å². The fourth-order valence-electron chi connectivity index (χ4n) is 5.08. The van der Waals surface area contributed by atoms with Crippen molar-refractivity contribution in [3.8, 4) is 0 Å². The van der Waals surface area contributed by atoms with E-state index in [1.54, 1.807) is 22.8 Å². The van der Waals surface area contributed by atoms with Crippen LogP contribution in [0.15, 0.2) is 53.4 Å². The molecule has 1 unspecified atom stereocenters. The third kappa shape index (κ3) is 6.59. The molecule has 3 amide bonds. The van der Waals surface area contributed by atoms with E-state index in [1.807, 2.05) is 52.0 Å². The molecular formula is C29H35Cl2N5O5S. The molecule has 2 aromatic carbocycles. The Kier molecular flexibility index (Phi) is 9.27. The number of aromatic amines is 1. The molecule has 3 atom stereocenters. The van der Waals surface area contributed by atoms with Crippen molar-refractivity contribution in [2.75, 3.05) is 19.6 Å². The number of sulfonamides is 1. The Morgan fingerprint density at radius 1 is 1.12 bits per heavy atom. The first-order valence-electron chi connectivity index (χ1n) is 13.6. The summed E-state index contributed by atoms with van der Waals surface area (Å²) in [6.45, 7) is 9.36. The van der Waals surface area contributed by atoms with Crippen LogP contribution < -0.4 is 10.0 Å². The van der Waals surface area contributed by atoms with Crippen molar-refractivity contribution in [3.05, 3.63) is 64.3 Å². The Balaban J connectivity index is 1.41. The van der Waals surface area contributed by atoms with Gasteiger partial charge < -0.3 is 20.1 Å². The summed E-state index contributed by atoms with van der Waals surface area (Å²) in [6.07, 6.45) is 0. The Morgan fingerprint density at radius 2 is 1.81 bits per heavy atom. The number of benzene rings is 2. The summed E-state index contributed by atoms with van der Waals surface area (Å²) >= 11 is 11.9. The van der Waals surface area contributed by atoms with E-state index in [4.69, 9.17) is 23.2 Å². The van der Waals surface area contributed by atoms with Gasteiger partial charge in [0, 0.05) is 29.0 Å². The number of H-pyrrole nitrogens is 1. The second-order valence-corrected chi connectivity index (χ2v) is 14.0. The van der Waals surface area contributed by atoms with Crippen LogP contribution in [-0.2, 0) is 19.6 Å². The highest BCUT2D eigenvalue weighted by atomic mass is 35.5. The van der Waals surface area contributed by atoms with Gasteiger partial charge in [0.1, 0.15) is 16.6 Å². The molecule has 0 saturated carbocycles. The molecule has 0 radical (unpaired) electrons. The van der Waals surface area contributed by atoms with Crippen molar-refractivity contribution in [2.45, 2.75) is 57.6 Å². The zero-order chi connectivity index (χ0) is 31.0. The lowest BCUT2D eigenvalue weighted by molar-refractivity contribution is -0.155. The van der Waals surface area contributed by atoms with E-state index in [0.717, 1.165) is 10.9 Å². The topological polar surface area (TPSA) is 132 Å². The first-order valence-corrected chi connectivity index (χ1v) is 15.8. The zero-order valence-electron chi connectivity index (χ0n) is 24.1. The number of nitrogens with one attached hydrogen (secondary N) is 3. The number of nitrogens with zero attached hydrogens (tertiary/aromatic N) is 2. The number of rotatable bonds is 9. The number of para-hydroxylation sites is 1. The van der Waals surface area contributed by atoms with Gasteiger partial charge in [-0.05, 0) is 49.6 Å². The van der Waals surface area contributed by atoms with Crippen molar-refractivity contribution in [1.29, 1.82) is 0 Å². The van der Waals surface area contributed by atoms with Gasteiger partial charge in [-0.15, -0.1) is 0 Å². The van der Waals surface area contributed by atoms with Gasteiger partial charge in [-0.2, -0.15) is 0 Å². The molecule has 1 aliphatic heterocycles. The highest BCUT2D eigenvalue weighted by Gasteiger charge is 2.47. The summed E-state index contributed by atoms with van der Waals surface area (Å²) in [5.41, 5.74) is 0.589. The van der Waals surface area contributed by atoms with E-state index in [1.165, 1.54) is 18.2 Å². The predicted molar refractivity (Wildman–Crippen MR) is 163 cm³/mol. The van der Waals surface area contributed by atoms with E-state index < -0.39 is 33.9 Å². The van der Waals surface area contributed by atoms with Gasteiger partial charge in [-0.25, -0.2) is 13.1 Å². The van der Waals surface area contributed by atoms with Gasteiger partial charge in [-0.3, -0.25) is 14.4 Å². The normalized spacial score (nSPS) is 17.9. The maximum atomic E-state index is 13.7. The molecule has 1 fully saturated rings. The number of halogens is 2. The molecule has 3 N–H and O–H groups in total. The molecule has 4 rings (SSSR count). The van der Waals surface area contributed by atoms with Crippen LogP contribution in [-0.4, -0.2) is 78.7 Å². The Labute approximate surface area is 255 Å². The van der Waals surface area contributed by atoms with Crippen molar-refractivity contribution in [2.24, 2.45) is 5.41 Å². The first-order chi connectivity index (χ1) is 19.6. The molecule has 0 bridgehead atoms. The minimum absolute atomic E-state index is 0.0541. The summed E-state index contributed by atoms with van der Waals surface area (Å²) in [6, 6.07) is 11.8. The minimum Gasteiger partial charge on any atom is -0.351 e. The molecule has 0 spiro atoms. The quantitative estimate of drug-likeness (QED) is 0.326. The molecule has 2 heterocycles. The van der Waals surface area contributed by atoms with Crippen molar-refractivity contribution >= 4 is 61.8 Å². The van der Waals surface area contributed by atoms with Crippen LogP contribution in [0, 0.1) is 5.41 Å². The minimum atomic E-state index is -4.06. The zero-order valence-corrected chi connectivity index (χ0v) is 26.4. The second-order valence-electron chi connectivity index (χ2n) is 11.4. The summed E-state index contributed by atoms with van der Waals surface area (Å²) < 4.78 is 27.8. The average Bonchev–Trinajstić information content (AvgIpc) is 3.35. The lowest BCUT2D eigenvalue weighted by Gasteiger charge is -2.52. The summed E-state index contributed by atoms with van der Waals surface area (Å²) in [4.78, 5) is 46.1. The number of amides is 3. The molecular weight excluding hydrogens is 601 g/mol. The SMILES string of the molecule is CCN(C(=O)CNS(=O)(=O)c1ccc(Cl)cc1Cl)[C@@H]1CN(C(=O)[C@@H](NC(=O)c2cc3ccccc3[nH]2)C(C)(C)C)C1C. The number of hydrogen-bond acceptors (Lipinski definition) is 5. The van der Waals surface area contributed by atoms with Gasteiger partial charge in [0.05, 0.1) is 23.7 Å². The Bertz CT molecular complexity index is 1580. The number of carbonyl (C=O) groups is 3. The van der Waals surface area contributed by atoms with Crippen LogP contribution in [0.4, 0.5) is 0 Å². The third-order valence-electron chi connectivity index (χ3n) is 7.54. The molecule has 226 valence electrons. The fourth-order valence-corrected chi connectivity index (χ4v) is 6.83. The Hall–Kier alpha value is -3.12. The third-order valence-corrected chi connectivity index (χ3v) is 9.66. The molecule has 1 aromatic heterocycles. The first kappa shape index (κ1) is 31.8. The van der Waals surface area contributed by atoms with Gasteiger partial charge in [0.2, 0.25) is 21.8 Å². The highest BCUT2D eigenvalue weighted by Crippen LogP contribution is 2.30. The van der Waals surface area contributed by atoms with Crippen molar-refractivity contribution in [1.82, 2.24) is 24.8 Å². The number of aromatic nitrogens is 1. The Morgan fingerprint density at radius 3 is 2.40 bits per heavy atom. The molecule has 1 aliphatic rings. The van der Waals surface area contributed by atoms with E-state index in [-0.39, 0.29) is 45.4 Å². The molecule has 42 heavy (non-hydrogen) atoms.